The summed E-state index contributed by atoms with van der Waals surface area (Å²) in [4.78, 5) is 9.43. The molecular weight excluding hydrogens is 222 g/mol. The molecule has 3 rings (SSSR count). The summed E-state index contributed by atoms with van der Waals surface area (Å²) in [5.74, 6) is 2.35. The maximum atomic E-state index is 6.10. The minimum atomic E-state index is 0.554. The number of rotatable bonds is 1. The number of nitrogens with zero attached hydrogens (tertiary/aromatic N) is 2. The Morgan fingerprint density at radius 2 is 1.56 bits per heavy atom. The van der Waals surface area contributed by atoms with Crippen LogP contribution in [0.1, 0.15) is 74.4 Å². The number of hydrogen-bond donors (Lipinski definition) is 1. The van der Waals surface area contributed by atoms with Crippen LogP contribution in [-0.4, -0.2) is 9.97 Å². The Morgan fingerprint density at radius 3 is 2.33 bits per heavy atom. The van der Waals surface area contributed by atoms with Crippen molar-refractivity contribution in [3.05, 3.63) is 17.1 Å². The molecule has 1 aromatic rings. The highest BCUT2D eigenvalue weighted by atomic mass is 15.0. The fraction of sp³-hybridized carbons (Fsp3) is 0.733. The summed E-state index contributed by atoms with van der Waals surface area (Å²) in [5, 5.41) is 0. The van der Waals surface area contributed by atoms with Gasteiger partial charge in [-0.1, -0.05) is 32.1 Å². The Morgan fingerprint density at radius 1 is 0.833 bits per heavy atom. The van der Waals surface area contributed by atoms with E-state index in [1.54, 1.807) is 0 Å². The lowest BCUT2D eigenvalue weighted by Gasteiger charge is -2.19. The molecule has 0 aromatic carbocycles. The van der Waals surface area contributed by atoms with E-state index >= 15 is 0 Å². The van der Waals surface area contributed by atoms with Crippen molar-refractivity contribution in [2.24, 2.45) is 0 Å². The first-order chi connectivity index (χ1) is 8.84. The predicted octanol–water partition coefficient (Wildman–Crippen LogP) is 3.38. The largest absolute Gasteiger partial charge is 0.383 e. The van der Waals surface area contributed by atoms with Crippen LogP contribution in [0, 0.1) is 0 Å². The van der Waals surface area contributed by atoms with Crippen LogP contribution in [0.25, 0.3) is 0 Å². The van der Waals surface area contributed by atoms with Gasteiger partial charge in [0.25, 0.3) is 0 Å². The molecule has 18 heavy (non-hydrogen) atoms. The van der Waals surface area contributed by atoms with Gasteiger partial charge in [-0.2, -0.15) is 0 Å². The van der Waals surface area contributed by atoms with Crippen molar-refractivity contribution in [1.82, 2.24) is 9.97 Å². The quantitative estimate of drug-likeness (QED) is 0.825. The van der Waals surface area contributed by atoms with Crippen molar-refractivity contribution < 1.29 is 0 Å². The smallest absolute Gasteiger partial charge is 0.134 e. The molecule has 0 radical (unpaired) electrons. The third-order valence-corrected chi connectivity index (χ3v) is 4.45. The zero-order chi connectivity index (χ0) is 12.4. The standard InChI is InChI=1S/C15H23N3/c16-14-12-9-6-10-13(12)17-15(18-14)11-7-4-2-1-3-5-8-11/h11H,1-10H2,(H2,16,17,18). The second-order valence-corrected chi connectivity index (χ2v) is 5.79. The molecule has 0 aliphatic heterocycles. The Labute approximate surface area is 109 Å². The van der Waals surface area contributed by atoms with Crippen molar-refractivity contribution in [3.63, 3.8) is 0 Å². The summed E-state index contributed by atoms with van der Waals surface area (Å²) in [6.07, 6.45) is 12.7. The van der Waals surface area contributed by atoms with Gasteiger partial charge >= 0.3 is 0 Å². The molecular formula is C15H23N3. The van der Waals surface area contributed by atoms with Gasteiger partial charge in [0, 0.05) is 17.2 Å². The molecule has 0 amide bonds. The molecule has 2 N–H and O–H groups in total. The van der Waals surface area contributed by atoms with E-state index in [9.17, 15) is 0 Å². The maximum Gasteiger partial charge on any atom is 0.134 e. The van der Waals surface area contributed by atoms with Crippen LogP contribution in [0.15, 0.2) is 0 Å². The van der Waals surface area contributed by atoms with Crippen molar-refractivity contribution in [1.29, 1.82) is 0 Å². The van der Waals surface area contributed by atoms with Crippen molar-refractivity contribution in [2.75, 3.05) is 5.73 Å². The van der Waals surface area contributed by atoms with E-state index < -0.39 is 0 Å². The lowest BCUT2D eigenvalue weighted by Crippen LogP contribution is -2.11. The highest BCUT2D eigenvalue weighted by Gasteiger charge is 2.22. The second-order valence-electron chi connectivity index (χ2n) is 5.79. The molecule has 0 saturated heterocycles. The number of anilines is 1. The lowest BCUT2D eigenvalue weighted by atomic mass is 9.90. The first kappa shape index (κ1) is 11.9. The third kappa shape index (κ3) is 2.36. The topological polar surface area (TPSA) is 51.8 Å². The van der Waals surface area contributed by atoms with Gasteiger partial charge in [0.1, 0.15) is 11.6 Å². The van der Waals surface area contributed by atoms with Crippen LogP contribution in [0.2, 0.25) is 0 Å². The van der Waals surface area contributed by atoms with E-state index in [1.807, 2.05) is 0 Å². The normalized spacial score (nSPS) is 21.3. The van der Waals surface area contributed by atoms with Gasteiger partial charge in [-0.15, -0.1) is 0 Å². The first-order valence-corrected chi connectivity index (χ1v) is 7.50. The molecule has 3 heteroatoms. The van der Waals surface area contributed by atoms with E-state index in [0.717, 1.165) is 24.5 Å². The monoisotopic (exact) mass is 245 g/mol. The van der Waals surface area contributed by atoms with Crippen LogP contribution in [0.5, 0.6) is 0 Å². The molecule has 1 saturated carbocycles. The van der Waals surface area contributed by atoms with Crippen LogP contribution < -0.4 is 5.73 Å². The molecule has 0 spiro atoms. The highest BCUT2D eigenvalue weighted by molar-refractivity contribution is 5.45. The van der Waals surface area contributed by atoms with E-state index in [1.165, 1.54) is 62.6 Å². The number of nitrogens with two attached hydrogens (primary N) is 1. The second kappa shape index (κ2) is 5.25. The Kier molecular flexibility index (Phi) is 3.48. The van der Waals surface area contributed by atoms with Gasteiger partial charge in [-0.05, 0) is 32.1 Å². The SMILES string of the molecule is Nc1nc(C2CCCCCCC2)nc2c1CCC2. The number of hydrogen-bond acceptors (Lipinski definition) is 3. The Bertz CT molecular complexity index is 420. The molecule has 1 aromatic heterocycles. The van der Waals surface area contributed by atoms with Gasteiger partial charge in [0.05, 0.1) is 0 Å². The van der Waals surface area contributed by atoms with Crippen LogP contribution in [0.4, 0.5) is 5.82 Å². The van der Waals surface area contributed by atoms with Crippen molar-refractivity contribution in [3.8, 4) is 0 Å². The van der Waals surface area contributed by atoms with E-state index in [-0.39, 0.29) is 0 Å². The van der Waals surface area contributed by atoms with Crippen LogP contribution in [-0.2, 0) is 12.8 Å². The lowest BCUT2D eigenvalue weighted by molar-refractivity contribution is 0.442. The fourth-order valence-corrected chi connectivity index (χ4v) is 3.38. The summed E-state index contributed by atoms with van der Waals surface area (Å²) in [7, 11) is 0. The molecule has 0 unspecified atom stereocenters. The predicted molar refractivity (Wildman–Crippen MR) is 73.5 cm³/mol. The molecule has 0 atom stereocenters. The molecule has 0 bridgehead atoms. The van der Waals surface area contributed by atoms with E-state index in [2.05, 4.69) is 4.98 Å². The molecule has 2 aliphatic rings. The zero-order valence-electron chi connectivity index (χ0n) is 11.1. The third-order valence-electron chi connectivity index (χ3n) is 4.45. The molecule has 1 heterocycles. The highest BCUT2D eigenvalue weighted by Crippen LogP contribution is 2.32. The fourth-order valence-electron chi connectivity index (χ4n) is 3.38. The van der Waals surface area contributed by atoms with Crippen LogP contribution in [0.3, 0.4) is 0 Å². The molecule has 2 aliphatic carbocycles. The Balaban J connectivity index is 1.84. The van der Waals surface area contributed by atoms with E-state index in [0.29, 0.717) is 5.92 Å². The Hall–Kier alpha value is -1.12. The van der Waals surface area contributed by atoms with Gasteiger partial charge < -0.3 is 5.73 Å². The number of nitrogen functional groups attached to an aromatic ring is 1. The summed E-state index contributed by atoms with van der Waals surface area (Å²) in [6.45, 7) is 0. The van der Waals surface area contributed by atoms with Crippen LogP contribution >= 0.6 is 0 Å². The van der Waals surface area contributed by atoms with Gasteiger partial charge in [-0.25, -0.2) is 9.97 Å². The zero-order valence-corrected chi connectivity index (χ0v) is 11.1. The molecule has 1 fully saturated rings. The van der Waals surface area contributed by atoms with Gasteiger partial charge in [0.2, 0.25) is 0 Å². The van der Waals surface area contributed by atoms with Crippen molar-refractivity contribution in [2.45, 2.75) is 70.1 Å². The summed E-state index contributed by atoms with van der Waals surface area (Å²) >= 11 is 0. The summed E-state index contributed by atoms with van der Waals surface area (Å²) in [5.41, 5.74) is 8.56. The first-order valence-electron chi connectivity index (χ1n) is 7.50. The average Bonchev–Trinajstić information content (AvgIpc) is 2.77. The average molecular weight is 245 g/mol. The minimum Gasteiger partial charge on any atom is -0.383 e. The van der Waals surface area contributed by atoms with Crippen molar-refractivity contribution >= 4 is 5.82 Å². The van der Waals surface area contributed by atoms with Gasteiger partial charge in [0.15, 0.2) is 0 Å². The number of fused-ring (bicyclic) bond motifs is 1. The van der Waals surface area contributed by atoms with E-state index in [4.69, 9.17) is 10.7 Å². The maximum absolute atomic E-state index is 6.10. The minimum absolute atomic E-state index is 0.554. The summed E-state index contributed by atoms with van der Waals surface area (Å²) < 4.78 is 0. The molecule has 98 valence electrons. The number of aryl methyl sites for hydroxylation is 1. The number of aromatic nitrogens is 2. The molecule has 3 nitrogen and oxygen atoms in total. The van der Waals surface area contributed by atoms with Gasteiger partial charge in [-0.3, -0.25) is 0 Å². The summed E-state index contributed by atoms with van der Waals surface area (Å²) in [6, 6.07) is 0.